The van der Waals surface area contributed by atoms with Gasteiger partial charge < -0.3 is 15.4 Å². The number of carbonyl (C=O) groups is 1. The van der Waals surface area contributed by atoms with Gasteiger partial charge in [0.2, 0.25) is 5.91 Å². The van der Waals surface area contributed by atoms with Crippen LogP contribution in [0.3, 0.4) is 0 Å². The van der Waals surface area contributed by atoms with Gasteiger partial charge in [-0.2, -0.15) is 0 Å². The van der Waals surface area contributed by atoms with Crippen molar-refractivity contribution in [3.05, 3.63) is 29.8 Å². The zero-order chi connectivity index (χ0) is 14.4. The first kappa shape index (κ1) is 14.9. The van der Waals surface area contributed by atoms with E-state index in [9.17, 15) is 4.79 Å². The summed E-state index contributed by atoms with van der Waals surface area (Å²) >= 11 is 0. The monoisotopic (exact) mass is 276 g/mol. The van der Waals surface area contributed by atoms with Crippen molar-refractivity contribution in [3.8, 4) is 0 Å². The van der Waals surface area contributed by atoms with Crippen molar-refractivity contribution in [3.63, 3.8) is 0 Å². The van der Waals surface area contributed by atoms with Crippen LogP contribution in [0.15, 0.2) is 24.3 Å². The van der Waals surface area contributed by atoms with Crippen LogP contribution in [0.2, 0.25) is 0 Å². The molecule has 1 fully saturated rings. The number of nitrogens with two attached hydrogens (primary N) is 1. The second-order valence-corrected chi connectivity index (χ2v) is 5.48. The predicted octanol–water partition coefficient (Wildman–Crippen LogP) is 2.58. The van der Waals surface area contributed by atoms with E-state index in [-0.39, 0.29) is 12.0 Å². The van der Waals surface area contributed by atoms with Crippen LogP contribution in [0.25, 0.3) is 0 Å². The van der Waals surface area contributed by atoms with E-state index in [0.29, 0.717) is 13.0 Å². The fourth-order valence-corrected chi connectivity index (χ4v) is 2.53. The number of anilines is 1. The molecule has 1 unspecified atom stereocenters. The Balaban J connectivity index is 1.78. The average Bonchev–Trinajstić information content (AvgIpc) is 2.48. The largest absolute Gasteiger partial charge is 0.398 e. The first-order valence-electron chi connectivity index (χ1n) is 7.36. The Morgan fingerprint density at radius 1 is 1.40 bits per heavy atom. The van der Waals surface area contributed by atoms with E-state index in [0.717, 1.165) is 37.1 Å². The molecule has 0 aromatic heterocycles. The molecule has 0 saturated carbocycles. The molecule has 1 atom stereocenters. The number of nitrogen functional groups attached to an aromatic ring is 1. The number of carbonyl (C=O) groups excluding carboxylic acids is 1. The van der Waals surface area contributed by atoms with Gasteiger partial charge in [-0.15, -0.1) is 0 Å². The highest BCUT2D eigenvalue weighted by Crippen LogP contribution is 2.18. The molecule has 1 amide bonds. The number of nitrogens with zero attached hydrogens (tertiary/aromatic N) is 1. The molecule has 2 rings (SSSR count). The molecule has 4 nitrogen and oxygen atoms in total. The average molecular weight is 276 g/mol. The van der Waals surface area contributed by atoms with E-state index in [2.05, 4.69) is 0 Å². The molecule has 1 aliphatic heterocycles. The number of amides is 1. The molecule has 2 N–H and O–H groups in total. The fraction of sp³-hybridized carbons (Fsp3) is 0.562. The van der Waals surface area contributed by atoms with E-state index < -0.39 is 0 Å². The zero-order valence-electron chi connectivity index (χ0n) is 12.2. The number of hydrogen-bond acceptors (Lipinski definition) is 3. The van der Waals surface area contributed by atoms with Crippen molar-refractivity contribution in [2.75, 3.05) is 19.4 Å². The predicted molar refractivity (Wildman–Crippen MR) is 80.2 cm³/mol. The summed E-state index contributed by atoms with van der Waals surface area (Å²) in [6, 6.07) is 7.67. The minimum atomic E-state index is 0.155. The molecule has 0 bridgehead atoms. The van der Waals surface area contributed by atoms with Crippen molar-refractivity contribution in [1.29, 1.82) is 0 Å². The highest BCUT2D eigenvalue weighted by Gasteiger charge is 2.17. The normalized spacial score (nSPS) is 18.8. The summed E-state index contributed by atoms with van der Waals surface area (Å²) in [5.74, 6) is 0.155. The van der Waals surface area contributed by atoms with Crippen LogP contribution in [0.1, 0.15) is 37.7 Å². The lowest BCUT2D eigenvalue weighted by Gasteiger charge is -2.24. The first-order chi connectivity index (χ1) is 9.66. The summed E-state index contributed by atoms with van der Waals surface area (Å²) < 4.78 is 5.65. The highest BCUT2D eigenvalue weighted by molar-refractivity contribution is 5.76. The lowest BCUT2D eigenvalue weighted by Crippen LogP contribution is -2.28. The molecule has 1 saturated heterocycles. The number of ether oxygens (including phenoxy) is 1. The number of para-hydroxylation sites is 1. The standard InChI is InChI=1S/C16H24N2O2/c1-18(12-13-6-2-3-8-15(13)17)16(19)10-9-14-7-4-5-11-20-14/h2-3,6,8,14H,4-5,7,9-12,17H2,1H3. The van der Waals surface area contributed by atoms with Crippen molar-refractivity contribution in [2.24, 2.45) is 0 Å². The summed E-state index contributed by atoms with van der Waals surface area (Å²) in [7, 11) is 1.83. The molecule has 1 aromatic rings. The Morgan fingerprint density at radius 2 is 2.20 bits per heavy atom. The van der Waals surface area contributed by atoms with Crippen molar-refractivity contribution in [2.45, 2.75) is 44.8 Å². The quantitative estimate of drug-likeness (QED) is 0.841. The number of hydrogen-bond donors (Lipinski definition) is 1. The van der Waals surface area contributed by atoms with Gasteiger partial charge in [-0.3, -0.25) is 4.79 Å². The van der Waals surface area contributed by atoms with Crippen LogP contribution >= 0.6 is 0 Å². The highest BCUT2D eigenvalue weighted by atomic mass is 16.5. The van der Waals surface area contributed by atoms with Crippen LogP contribution in [-0.2, 0) is 16.1 Å². The van der Waals surface area contributed by atoms with Crippen LogP contribution in [-0.4, -0.2) is 30.6 Å². The van der Waals surface area contributed by atoms with E-state index in [1.807, 2.05) is 31.3 Å². The van der Waals surface area contributed by atoms with Gasteiger partial charge in [-0.1, -0.05) is 18.2 Å². The van der Waals surface area contributed by atoms with Crippen molar-refractivity contribution in [1.82, 2.24) is 4.90 Å². The summed E-state index contributed by atoms with van der Waals surface area (Å²) in [5.41, 5.74) is 7.64. The van der Waals surface area contributed by atoms with E-state index in [1.165, 1.54) is 6.42 Å². The third kappa shape index (κ3) is 4.23. The smallest absolute Gasteiger partial charge is 0.222 e. The third-order valence-corrected chi connectivity index (χ3v) is 3.84. The van der Waals surface area contributed by atoms with Crippen LogP contribution in [0.5, 0.6) is 0 Å². The molecule has 0 radical (unpaired) electrons. The van der Waals surface area contributed by atoms with E-state index in [1.54, 1.807) is 4.90 Å². The number of rotatable bonds is 5. The molecule has 20 heavy (non-hydrogen) atoms. The van der Waals surface area contributed by atoms with E-state index >= 15 is 0 Å². The van der Waals surface area contributed by atoms with Gasteiger partial charge in [0, 0.05) is 32.3 Å². The third-order valence-electron chi connectivity index (χ3n) is 3.84. The van der Waals surface area contributed by atoms with Gasteiger partial charge in [0.25, 0.3) is 0 Å². The van der Waals surface area contributed by atoms with Crippen LogP contribution in [0.4, 0.5) is 5.69 Å². The van der Waals surface area contributed by atoms with Gasteiger partial charge in [-0.25, -0.2) is 0 Å². The molecule has 0 spiro atoms. The molecule has 1 aromatic carbocycles. The maximum atomic E-state index is 12.1. The lowest BCUT2D eigenvalue weighted by atomic mass is 10.0. The van der Waals surface area contributed by atoms with Crippen molar-refractivity contribution < 1.29 is 9.53 Å². The Kier molecular flexibility index (Phi) is 5.41. The topological polar surface area (TPSA) is 55.6 Å². The van der Waals surface area contributed by atoms with Crippen LogP contribution < -0.4 is 5.73 Å². The molecule has 4 heteroatoms. The summed E-state index contributed by atoms with van der Waals surface area (Å²) in [6.07, 6.45) is 5.10. The zero-order valence-corrected chi connectivity index (χ0v) is 12.2. The molecule has 1 aliphatic rings. The summed E-state index contributed by atoms with van der Waals surface area (Å²) in [5, 5.41) is 0. The maximum absolute atomic E-state index is 12.1. The minimum absolute atomic E-state index is 0.155. The molecular weight excluding hydrogens is 252 g/mol. The van der Waals surface area contributed by atoms with Gasteiger partial charge >= 0.3 is 0 Å². The molecular formula is C16H24N2O2. The lowest BCUT2D eigenvalue weighted by molar-refractivity contribution is -0.131. The van der Waals surface area contributed by atoms with Gasteiger partial charge in [-0.05, 0) is 37.3 Å². The Labute approximate surface area is 120 Å². The van der Waals surface area contributed by atoms with Gasteiger partial charge in [0.1, 0.15) is 0 Å². The summed E-state index contributed by atoms with van der Waals surface area (Å²) in [6.45, 7) is 1.41. The SMILES string of the molecule is CN(Cc1ccccc1N)C(=O)CCC1CCCCO1. The number of benzene rings is 1. The molecule has 0 aliphatic carbocycles. The Morgan fingerprint density at radius 3 is 2.90 bits per heavy atom. The Bertz CT molecular complexity index is 442. The minimum Gasteiger partial charge on any atom is -0.398 e. The second-order valence-electron chi connectivity index (χ2n) is 5.48. The summed E-state index contributed by atoms with van der Waals surface area (Å²) in [4.78, 5) is 13.9. The van der Waals surface area contributed by atoms with Crippen LogP contribution in [0, 0.1) is 0 Å². The first-order valence-corrected chi connectivity index (χ1v) is 7.36. The van der Waals surface area contributed by atoms with Gasteiger partial charge in [0.05, 0.1) is 6.10 Å². The van der Waals surface area contributed by atoms with E-state index in [4.69, 9.17) is 10.5 Å². The Hall–Kier alpha value is -1.55. The fourth-order valence-electron chi connectivity index (χ4n) is 2.53. The maximum Gasteiger partial charge on any atom is 0.222 e. The van der Waals surface area contributed by atoms with Crippen molar-refractivity contribution >= 4 is 11.6 Å². The molecule has 110 valence electrons. The second kappa shape index (κ2) is 7.29. The van der Waals surface area contributed by atoms with Gasteiger partial charge in [0.15, 0.2) is 0 Å². The molecule has 1 heterocycles.